The van der Waals surface area contributed by atoms with Gasteiger partial charge in [0.25, 0.3) is 0 Å². The first kappa shape index (κ1) is 11.8. The van der Waals surface area contributed by atoms with E-state index >= 15 is 0 Å². The highest BCUT2D eigenvalue weighted by Crippen LogP contribution is 2.24. The van der Waals surface area contributed by atoms with Gasteiger partial charge in [0.05, 0.1) is 17.6 Å². The van der Waals surface area contributed by atoms with Crippen LogP contribution in [0.1, 0.15) is 0 Å². The molecule has 0 saturated heterocycles. The highest BCUT2D eigenvalue weighted by Gasteiger charge is 2.05. The summed E-state index contributed by atoms with van der Waals surface area (Å²) < 4.78 is 1.77. The van der Waals surface area contributed by atoms with Crippen LogP contribution >= 0.6 is 11.6 Å². The van der Waals surface area contributed by atoms with E-state index in [1.165, 1.54) is 0 Å². The van der Waals surface area contributed by atoms with Crippen molar-refractivity contribution in [2.24, 2.45) is 0 Å². The lowest BCUT2D eigenvalue weighted by molar-refractivity contribution is 0.883. The number of nitrogens with zero attached hydrogens (tertiary/aromatic N) is 2. The van der Waals surface area contributed by atoms with Gasteiger partial charge in [0.1, 0.15) is 0 Å². The molecule has 4 heteroatoms. The summed E-state index contributed by atoms with van der Waals surface area (Å²) in [6.07, 6.45) is 3.75. The molecule has 1 aromatic heterocycles. The van der Waals surface area contributed by atoms with Crippen LogP contribution in [-0.2, 0) is 0 Å². The summed E-state index contributed by atoms with van der Waals surface area (Å²) in [7, 11) is 0. The van der Waals surface area contributed by atoms with Crippen molar-refractivity contribution < 1.29 is 0 Å². The third-order valence-electron chi connectivity index (χ3n) is 2.92. The molecule has 0 saturated carbocycles. The molecular formula is C15H12ClN3. The Morgan fingerprint density at radius 1 is 1.00 bits per heavy atom. The number of nitrogens with two attached hydrogens (primary N) is 1. The quantitative estimate of drug-likeness (QED) is 0.720. The van der Waals surface area contributed by atoms with Gasteiger partial charge in [0.15, 0.2) is 0 Å². The molecule has 2 N–H and O–H groups in total. The van der Waals surface area contributed by atoms with Crippen LogP contribution in [0.2, 0.25) is 5.02 Å². The van der Waals surface area contributed by atoms with Crippen LogP contribution in [0.25, 0.3) is 16.8 Å². The molecule has 3 aromatic rings. The van der Waals surface area contributed by atoms with Crippen molar-refractivity contribution in [3.63, 3.8) is 0 Å². The molecule has 0 aliphatic rings. The number of hydrogen-bond donors (Lipinski definition) is 1. The minimum Gasteiger partial charge on any atom is -0.397 e. The third-order valence-corrected chi connectivity index (χ3v) is 3.16. The maximum Gasteiger partial charge on any atom is 0.0875 e. The van der Waals surface area contributed by atoms with Crippen LogP contribution < -0.4 is 5.73 Å². The van der Waals surface area contributed by atoms with Gasteiger partial charge < -0.3 is 5.73 Å². The van der Waals surface area contributed by atoms with E-state index in [1.54, 1.807) is 10.9 Å². The molecule has 0 amide bonds. The van der Waals surface area contributed by atoms with Gasteiger partial charge in [0.2, 0.25) is 0 Å². The molecule has 3 rings (SSSR count). The second kappa shape index (κ2) is 4.78. The van der Waals surface area contributed by atoms with Gasteiger partial charge in [-0.25, -0.2) is 4.68 Å². The van der Waals surface area contributed by atoms with Crippen LogP contribution in [0.4, 0.5) is 5.69 Å². The monoisotopic (exact) mass is 269 g/mol. The van der Waals surface area contributed by atoms with E-state index in [-0.39, 0.29) is 0 Å². The molecule has 0 aliphatic carbocycles. The number of benzene rings is 2. The lowest BCUT2D eigenvalue weighted by Gasteiger charge is -2.04. The molecule has 3 nitrogen and oxygen atoms in total. The molecule has 1 heterocycles. The first-order valence-electron chi connectivity index (χ1n) is 5.89. The third kappa shape index (κ3) is 2.33. The maximum atomic E-state index is 6.00. The number of rotatable bonds is 2. The van der Waals surface area contributed by atoms with Gasteiger partial charge in [-0.1, -0.05) is 35.9 Å². The van der Waals surface area contributed by atoms with Crippen molar-refractivity contribution in [3.05, 3.63) is 65.9 Å². The topological polar surface area (TPSA) is 43.8 Å². The van der Waals surface area contributed by atoms with Crippen molar-refractivity contribution >= 4 is 17.3 Å². The molecule has 0 atom stereocenters. The highest BCUT2D eigenvalue weighted by atomic mass is 35.5. The number of halogens is 1. The molecule has 19 heavy (non-hydrogen) atoms. The predicted octanol–water partition coefficient (Wildman–Crippen LogP) is 3.77. The number of para-hydroxylation sites is 2. The minimum absolute atomic E-state index is 0.697. The van der Waals surface area contributed by atoms with Crippen LogP contribution in [0.3, 0.4) is 0 Å². The van der Waals surface area contributed by atoms with E-state index in [0.29, 0.717) is 10.7 Å². The summed E-state index contributed by atoms with van der Waals surface area (Å²) in [5.74, 6) is 0. The van der Waals surface area contributed by atoms with Gasteiger partial charge in [-0.05, 0) is 29.8 Å². The Morgan fingerprint density at radius 2 is 1.84 bits per heavy atom. The van der Waals surface area contributed by atoms with E-state index in [0.717, 1.165) is 16.8 Å². The Balaban J connectivity index is 2.03. The van der Waals surface area contributed by atoms with E-state index < -0.39 is 0 Å². The second-order valence-electron chi connectivity index (χ2n) is 4.24. The summed E-state index contributed by atoms with van der Waals surface area (Å²) in [5, 5.41) is 5.06. The van der Waals surface area contributed by atoms with Gasteiger partial charge in [-0.2, -0.15) is 5.10 Å². The number of nitrogen functional groups attached to an aromatic ring is 1. The van der Waals surface area contributed by atoms with E-state index in [1.807, 2.05) is 54.7 Å². The molecule has 0 spiro atoms. The van der Waals surface area contributed by atoms with E-state index in [2.05, 4.69) is 5.10 Å². The lowest BCUT2D eigenvalue weighted by Crippen LogP contribution is -1.99. The molecule has 0 aliphatic heterocycles. The van der Waals surface area contributed by atoms with Crippen molar-refractivity contribution in [2.45, 2.75) is 0 Å². The molecule has 0 fully saturated rings. The van der Waals surface area contributed by atoms with Crippen LogP contribution in [-0.4, -0.2) is 9.78 Å². The molecule has 0 bridgehead atoms. The second-order valence-corrected chi connectivity index (χ2v) is 4.68. The largest absolute Gasteiger partial charge is 0.397 e. The summed E-state index contributed by atoms with van der Waals surface area (Å²) in [5.41, 5.74) is 9.55. The van der Waals surface area contributed by atoms with E-state index in [9.17, 15) is 0 Å². The fourth-order valence-corrected chi connectivity index (χ4v) is 2.16. The van der Waals surface area contributed by atoms with Crippen LogP contribution in [0.15, 0.2) is 60.9 Å². The fourth-order valence-electron chi connectivity index (χ4n) is 1.97. The van der Waals surface area contributed by atoms with Gasteiger partial charge in [0, 0.05) is 16.8 Å². The normalized spacial score (nSPS) is 10.6. The standard InChI is InChI=1S/C15H12ClN3/c16-13-5-3-4-11(8-13)12-9-18-19(10-12)15-7-2-1-6-14(15)17/h1-10H,17H2. The molecular weight excluding hydrogens is 258 g/mol. The Morgan fingerprint density at radius 3 is 2.63 bits per heavy atom. The van der Waals surface area contributed by atoms with Gasteiger partial charge >= 0.3 is 0 Å². The maximum absolute atomic E-state index is 6.00. The molecule has 94 valence electrons. The lowest BCUT2D eigenvalue weighted by atomic mass is 10.1. The van der Waals surface area contributed by atoms with Gasteiger partial charge in [-0.3, -0.25) is 0 Å². The Kier molecular flexibility index (Phi) is 2.97. The molecule has 2 aromatic carbocycles. The Labute approximate surface area is 116 Å². The zero-order valence-electron chi connectivity index (χ0n) is 10.1. The minimum atomic E-state index is 0.697. The summed E-state index contributed by atoms with van der Waals surface area (Å²) in [6, 6.07) is 15.3. The number of aromatic nitrogens is 2. The van der Waals surface area contributed by atoms with Gasteiger partial charge in [-0.15, -0.1) is 0 Å². The van der Waals surface area contributed by atoms with E-state index in [4.69, 9.17) is 17.3 Å². The Bertz CT molecular complexity index is 719. The smallest absolute Gasteiger partial charge is 0.0875 e. The summed E-state index contributed by atoms with van der Waals surface area (Å²) >= 11 is 6.00. The summed E-state index contributed by atoms with van der Waals surface area (Å²) in [4.78, 5) is 0. The highest BCUT2D eigenvalue weighted by molar-refractivity contribution is 6.30. The zero-order chi connectivity index (χ0) is 13.2. The average Bonchev–Trinajstić information content (AvgIpc) is 2.89. The van der Waals surface area contributed by atoms with Crippen molar-refractivity contribution in [1.29, 1.82) is 0 Å². The predicted molar refractivity (Wildman–Crippen MR) is 78.4 cm³/mol. The van der Waals surface area contributed by atoms with Crippen molar-refractivity contribution in [3.8, 4) is 16.8 Å². The SMILES string of the molecule is Nc1ccccc1-n1cc(-c2cccc(Cl)c2)cn1. The molecule has 0 unspecified atom stereocenters. The molecule has 0 radical (unpaired) electrons. The fraction of sp³-hybridized carbons (Fsp3) is 0. The number of hydrogen-bond acceptors (Lipinski definition) is 2. The number of anilines is 1. The van der Waals surface area contributed by atoms with Crippen LogP contribution in [0.5, 0.6) is 0 Å². The zero-order valence-corrected chi connectivity index (χ0v) is 10.9. The summed E-state index contributed by atoms with van der Waals surface area (Å²) in [6.45, 7) is 0. The Hall–Kier alpha value is -2.26. The van der Waals surface area contributed by atoms with Crippen LogP contribution in [0, 0.1) is 0 Å². The van der Waals surface area contributed by atoms with Crippen molar-refractivity contribution in [2.75, 3.05) is 5.73 Å². The first-order valence-corrected chi connectivity index (χ1v) is 6.27. The average molecular weight is 270 g/mol. The van der Waals surface area contributed by atoms with Crippen molar-refractivity contribution in [1.82, 2.24) is 9.78 Å². The first-order chi connectivity index (χ1) is 9.24.